The number of likely N-dealkylation sites (tertiary alicyclic amines) is 1. The lowest BCUT2D eigenvalue weighted by Crippen LogP contribution is -2.51. The number of nitrogens with zero attached hydrogens (tertiary/aromatic N) is 2. The van der Waals surface area contributed by atoms with Crippen molar-refractivity contribution in [3.8, 4) is 0 Å². The predicted molar refractivity (Wildman–Crippen MR) is 92.3 cm³/mol. The van der Waals surface area contributed by atoms with Crippen molar-refractivity contribution in [3.05, 3.63) is 35.9 Å². The minimum Gasteiger partial charge on any atom is -0.445 e. The molecule has 1 aliphatic heterocycles. The lowest BCUT2D eigenvalue weighted by atomic mass is 10.0. The Hall–Kier alpha value is -2.08. The highest BCUT2D eigenvalue weighted by Gasteiger charge is 2.30. The summed E-state index contributed by atoms with van der Waals surface area (Å²) in [5.74, 6) is -0.0249. The van der Waals surface area contributed by atoms with E-state index < -0.39 is 6.04 Å². The first-order valence-corrected chi connectivity index (χ1v) is 8.54. The molecule has 1 aromatic carbocycles. The topological polar surface area (TPSA) is 75.9 Å². The third-order valence-corrected chi connectivity index (χ3v) is 4.39. The smallest absolute Gasteiger partial charge is 0.410 e. The van der Waals surface area contributed by atoms with Gasteiger partial charge < -0.3 is 20.3 Å². The van der Waals surface area contributed by atoms with Gasteiger partial charge in [-0.05, 0) is 32.3 Å². The van der Waals surface area contributed by atoms with Gasteiger partial charge in [0, 0.05) is 25.7 Å². The summed E-state index contributed by atoms with van der Waals surface area (Å²) in [7, 11) is 0. The monoisotopic (exact) mass is 333 g/mol. The molecule has 1 saturated heterocycles. The van der Waals surface area contributed by atoms with Crippen LogP contribution in [-0.4, -0.2) is 53.5 Å². The third-order valence-electron chi connectivity index (χ3n) is 4.39. The Morgan fingerprint density at radius 2 is 1.92 bits per heavy atom. The standard InChI is InChI=1S/C18H27N3O3/c1-3-21(18(23)24-13-15-7-5-4-6-8-15)16-9-11-20(12-10-16)17(22)14(2)19/h4-8,14,16H,3,9-13,19H2,1-2H3/t14-/m0/s1. The number of ether oxygens (including phenoxy) is 1. The molecule has 1 aliphatic rings. The molecule has 0 radical (unpaired) electrons. The molecule has 6 heteroatoms. The first kappa shape index (κ1) is 18.3. The van der Waals surface area contributed by atoms with Crippen LogP contribution in [0.3, 0.4) is 0 Å². The molecule has 0 saturated carbocycles. The number of benzene rings is 1. The van der Waals surface area contributed by atoms with Gasteiger partial charge in [0.1, 0.15) is 6.61 Å². The maximum Gasteiger partial charge on any atom is 0.410 e. The van der Waals surface area contributed by atoms with Crippen LogP contribution in [0.4, 0.5) is 4.79 Å². The van der Waals surface area contributed by atoms with Gasteiger partial charge in [-0.1, -0.05) is 30.3 Å². The fraction of sp³-hybridized carbons (Fsp3) is 0.556. The lowest BCUT2D eigenvalue weighted by Gasteiger charge is -2.38. The van der Waals surface area contributed by atoms with Crippen LogP contribution in [0.1, 0.15) is 32.3 Å². The van der Waals surface area contributed by atoms with E-state index in [1.165, 1.54) is 0 Å². The molecule has 0 aromatic heterocycles. The summed E-state index contributed by atoms with van der Waals surface area (Å²) in [6.07, 6.45) is 1.22. The lowest BCUT2D eigenvalue weighted by molar-refractivity contribution is -0.133. The Morgan fingerprint density at radius 1 is 1.29 bits per heavy atom. The van der Waals surface area contributed by atoms with Gasteiger partial charge >= 0.3 is 6.09 Å². The van der Waals surface area contributed by atoms with Crippen molar-refractivity contribution in [1.29, 1.82) is 0 Å². The van der Waals surface area contributed by atoms with Crippen LogP contribution in [0.15, 0.2) is 30.3 Å². The highest BCUT2D eigenvalue weighted by molar-refractivity contribution is 5.81. The number of piperidine rings is 1. The first-order chi connectivity index (χ1) is 11.5. The second kappa shape index (κ2) is 8.68. The van der Waals surface area contributed by atoms with Crippen LogP contribution in [-0.2, 0) is 16.1 Å². The molecule has 24 heavy (non-hydrogen) atoms. The van der Waals surface area contributed by atoms with Crippen LogP contribution in [0.5, 0.6) is 0 Å². The summed E-state index contributed by atoms with van der Waals surface area (Å²) >= 11 is 0. The zero-order valence-electron chi connectivity index (χ0n) is 14.5. The summed E-state index contributed by atoms with van der Waals surface area (Å²) in [6.45, 7) is 5.79. The second-order valence-corrected chi connectivity index (χ2v) is 6.17. The van der Waals surface area contributed by atoms with E-state index in [1.807, 2.05) is 37.3 Å². The van der Waals surface area contributed by atoms with Crippen LogP contribution in [0, 0.1) is 0 Å². The first-order valence-electron chi connectivity index (χ1n) is 8.54. The Bertz CT molecular complexity index is 540. The minimum absolute atomic E-state index is 0.0249. The van der Waals surface area contributed by atoms with Crippen molar-refractivity contribution >= 4 is 12.0 Å². The highest BCUT2D eigenvalue weighted by Crippen LogP contribution is 2.18. The van der Waals surface area contributed by atoms with Crippen molar-refractivity contribution in [3.63, 3.8) is 0 Å². The second-order valence-electron chi connectivity index (χ2n) is 6.17. The SMILES string of the molecule is CCN(C(=O)OCc1ccccc1)C1CCN(C(=O)[C@H](C)N)CC1. The van der Waals surface area contributed by atoms with Crippen LogP contribution in [0.2, 0.25) is 0 Å². The normalized spacial score (nSPS) is 16.5. The molecule has 2 rings (SSSR count). The number of carbonyl (C=O) groups excluding carboxylic acids is 2. The Morgan fingerprint density at radius 3 is 2.46 bits per heavy atom. The van der Waals surface area contributed by atoms with Crippen molar-refractivity contribution in [1.82, 2.24) is 9.80 Å². The van der Waals surface area contributed by atoms with Crippen LogP contribution in [0.25, 0.3) is 0 Å². The van der Waals surface area contributed by atoms with Gasteiger partial charge in [-0.25, -0.2) is 4.79 Å². The molecule has 6 nitrogen and oxygen atoms in total. The summed E-state index contributed by atoms with van der Waals surface area (Å²) in [4.78, 5) is 27.8. The predicted octanol–water partition coefficient (Wildman–Crippen LogP) is 1.98. The van der Waals surface area contributed by atoms with Crippen LogP contribution >= 0.6 is 0 Å². The summed E-state index contributed by atoms with van der Waals surface area (Å²) < 4.78 is 5.43. The summed E-state index contributed by atoms with van der Waals surface area (Å²) in [5.41, 5.74) is 6.63. The number of hydrogen-bond acceptors (Lipinski definition) is 4. The van der Waals surface area contributed by atoms with Gasteiger partial charge in [0.05, 0.1) is 6.04 Å². The molecule has 1 heterocycles. The fourth-order valence-electron chi connectivity index (χ4n) is 3.02. The van der Waals surface area contributed by atoms with E-state index in [1.54, 1.807) is 16.7 Å². The van der Waals surface area contributed by atoms with Gasteiger partial charge in [0.15, 0.2) is 0 Å². The maximum absolute atomic E-state index is 12.4. The summed E-state index contributed by atoms with van der Waals surface area (Å²) in [5, 5.41) is 0. The Balaban J connectivity index is 1.85. The number of rotatable bonds is 5. The number of amides is 2. The average Bonchev–Trinajstić information content (AvgIpc) is 2.61. The van der Waals surface area contributed by atoms with E-state index in [9.17, 15) is 9.59 Å². The van der Waals surface area contributed by atoms with Gasteiger partial charge in [-0.15, -0.1) is 0 Å². The Labute approximate surface area is 143 Å². The average molecular weight is 333 g/mol. The number of hydrogen-bond donors (Lipinski definition) is 1. The van der Waals surface area contributed by atoms with E-state index in [0.29, 0.717) is 19.6 Å². The van der Waals surface area contributed by atoms with E-state index in [4.69, 9.17) is 10.5 Å². The molecule has 1 fully saturated rings. The van der Waals surface area contributed by atoms with Gasteiger partial charge in [-0.2, -0.15) is 0 Å². The maximum atomic E-state index is 12.4. The molecular formula is C18H27N3O3. The van der Waals surface area contributed by atoms with Crippen molar-refractivity contribution in [2.24, 2.45) is 5.73 Å². The molecule has 0 unspecified atom stereocenters. The molecular weight excluding hydrogens is 306 g/mol. The van der Waals surface area contributed by atoms with Crippen molar-refractivity contribution in [2.45, 2.75) is 45.4 Å². The van der Waals surface area contributed by atoms with Gasteiger partial charge in [-0.3, -0.25) is 4.79 Å². The molecule has 0 spiro atoms. The van der Waals surface area contributed by atoms with E-state index in [-0.39, 0.29) is 24.6 Å². The zero-order chi connectivity index (χ0) is 17.5. The molecule has 1 atom stereocenters. The summed E-state index contributed by atoms with van der Waals surface area (Å²) in [6, 6.07) is 9.28. The van der Waals surface area contributed by atoms with Gasteiger partial charge in [0.25, 0.3) is 0 Å². The molecule has 2 amide bonds. The van der Waals surface area contributed by atoms with Crippen LogP contribution < -0.4 is 5.73 Å². The molecule has 132 valence electrons. The largest absolute Gasteiger partial charge is 0.445 e. The molecule has 2 N–H and O–H groups in total. The van der Waals surface area contributed by atoms with E-state index in [0.717, 1.165) is 18.4 Å². The van der Waals surface area contributed by atoms with Crippen molar-refractivity contribution in [2.75, 3.05) is 19.6 Å². The Kier molecular flexibility index (Phi) is 6.61. The van der Waals surface area contributed by atoms with Crippen molar-refractivity contribution < 1.29 is 14.3 Å². The van der Waals surface area contributed by atoms with E-state index >= 15 is 0 Å². The number of carbonyl (C=O) groups is 2. The quantitative estimate of drug-likeness (QED) is 0.894. The zero-order valence-corrected chi connectivity index (χ0v) is 14.5. The van der Waals surface area contributed by atoms with Gasteiger partial charge in [0.2, 0.25) is 5.91 Å². The number of nitrogens with two attached hydrogens (primary N) is 1. The molecule has 0 bridgehead atoms. The minimum atomic E-state index is -0.473. The fourth-order valence-corrected chi connectivity index (χ4v) is 3.02. The third kappa shape index (κ3) is 4.71. The molecule has 0 aliphatic carbocycles. The molecule has 1 aromatic rings. The van der Waals surface area contributed by atoms with E-state index in [2.05, 4.69) is 0 Å². The highest BCUT2D eigenvalue weighted by atomic mass is 16.6.